The van der Waals surface area contributed by atoms with Gasteiger partial charge in [-0.05, 0) is 72.5 Å². The van der Waals surface area contributed by atoms with E-state index in [0.29, 0.717) is 58.2 Å². The lowest BCUT2D eigenvalue weighted by molar-refractivity contribution is 0.0945. The second kappa shape index (κ2) is 11.3. The van der Waals surface area contributed by atoms with Gasteiger partial charge >= 0.3 is 0 Å². The normalized spacial score (nSPS) is 11.1. The third-order valence-electron chi connectivity index (χ3n) is 5.93. The van der Waals surface area contributed by atoms with Gasteiger partial charge in [-0.2, -0.15) is 0 Å². The summed E-state index contributed by atoms with van der Waals surface area (Å²) in [6.45, 7) is 7.20. The molecule has 0 unspecified atom stereocenters. The van der Waals surface area contributed by atoms with Gasteiger partial charge in [0.25, 0.3) is 11.8 Å². The zero-order valence-corrected chi connectivity index (χ0v) is 21.5. The second-order valence-corrected chi connectivity index (χ2v) is 9.27. The summed E-state index contributed by atoms with van der Waals surface area (Å²) in [6.07, 6.45) is 0.832. The lowest BCUT2D eigenvalue weighted by atomic mass is 9.98. The molecule has 0 aliphatic rings. The quantitative estimate of drug-likeness (QED) is 0.276. The van der Waals surface area contributed by atoms with Crippen molar-refractivity contribution < 1.29 is 23.1 Å². The van der Waals surface area contributed by atoms with Crippen LogP contribution in [0.2, 0.25) is 0 Å². The van der Waals surface area contributed by atoms with E-state index in [2.05, 4.69) is 10.6 Å². The first-order valence-corrected chi connectivity index (χ1v) is 12.4. The van der Waals surface area contributed by atoms with Crippen LogP contribution in [0.25, 0.3) is 33.4 Å². The Bertz CT molecular complexity index is 1420. The van der Waals surface area contributed by atoms with Crippen LogP contribution >= 0.6 is 0 Å². The van der Waals surface area contributed by atoms with Gasteiger partial charge in [-0.1, -0.05) is 26.8 Å². The van der Waals surface area contributed by atoms with Crippen molar-refractivity contribution in [3.05, 3.63) is 77.6 Å². The smallest absolute Gasteiger partial charge is 0.255 e. The summed E-state index contributed by atoms with van der Waals surface area (Å²) in [5, 5.41) is 6.23. The van der Waals surface area contributed by atoms with Gasteiger partial charge in [-0.15, -0.1) is 0 Å². The largest absolute Gasteiger partial charge is 0.493 e. The van der Waals surface area contributed by atoms with Crippen molar-refractivity contribution in [2.24, 2.45) is 5.92 Å². The van der Waals surface area contributed by atoms with Crippen molar-refractivity contribution in [1.29, 1.82) is 0 Å². The van der Waals surface area contributed by atoms with Crippen LogP contribution in [0, 0.1) is 11.7 Å². The molecule has 0 fully saturated rings. The van der Waals surface area contributed by atoms with Crippen molar-refractivity contribution in [3.8, 4) is 28.2 Å². The average Bonchev–Trinajstić information content (AvgIpc) is 3.29. The maximum Gasteiger partial charge on any atom is 0.255 e. The van der Waals surface area contributed by atoms with E-state index < -0.39 is 0 Å². The first-order valence-electron chi connectivity index (χ1n) is 12.4. The maximum atomic E-state index is 13.5. The number of carbonyl (C=O) groups is 2. The highest BCUT2D eigenvalue weighted by atomic mass is 19.1. The molecule has 0 radical (unpaired) electrons. The molecule has 0 aliphatic carbocycles. The summed E-state index contributed by atoms with van der Waals surface area (Å²) in [6, 6.07) is 16.7. The number of halogens is 1. The predicted molar refractivity (Wildman–Crippen MR) is 143 cm³/mol. The molecule has 0 bridgehead atoms. The van der Waals surface area contributed by atoms with Gasteiger partial charge in [-0.25, -0.2) is 4.39 Å². The Morgan fingerprint density at radius 1 is 0.973 bits per heavy atom. The summed E-state index contributed by atoms with van der Waals surface area (Å²) in [4.78, 5) is 25.7. The van der Waals surface area contributed by atoms with Gasteiger partial charge in [0.05, 0.1) is 12.2 Å². The summed E-state index contributed by atoms with van der Waals surface area (Å²) >= 11 is 0. The summed E-state index contributed by atoms with van der Waals surface area (Å²) in [5.41, 5.74) is 3.49. The fourth-order valence-electron chi connectivity index (χ4n) is 4.05. The number of hydrogen-bond donors (Lipinski definition) is 2. The second-order valence-electron chi connectivity index (χ2n) is 9.27. The molecule has 1 aromatic heterocycles. The molecule has 0 atom stereocenters. The lowest BCUT2D eigenvalue weighted by Gasteiger charge is -2.14. The van der Waals surface area contributed by atoms with Crippen LogP contribution in [-0.2, 0) is 0 Å². The number of benzene rings is 3. The van der Waals surface area contributed by atoms with Crippen molar-refractivity contribution >= 4 is 22.8 Å². The van der Waals surface area contributed by atoms with Crippen LogP contribution in [0.15, 0.2) is 65.1 Å². The minimum atomic E-state index is -0.374. The Morgan fingerprint density at radius 3 is 2.38 bits per heavy atom. The first kappa shape index (κ1) is 25.9. The predicted octanol–water partition coefficient (Wildman–Crippen LogP) is 6.44. The number of hydrogen-bond acceptors (Lipinski definition) is 4. The maximum absolute atomic E-state index is 13.5. The number of carbonyl (C=O) groups excluding carboxylic acids is 2. The highest BCUT2D eigenvalue weighted by Gasteiger charge is 2.23. The van der Waals surface area contributed by atoms with Crippen molar-refractivity contribution in [3.63, 3.8) is 0 Å². The van der Waals surface area contributed by atoms with E-state index in [4.69, 9.17) is 9.15 Å². The van der Waals surface area contributed by atoms with E-state index in [1.54, 1.807) is 37.4 Å². The third kappa shape index (κ3) is 5.66. The standard InChI is InChI=1S/C30H31FN2O4/c1-5-14-36-25-12-9-21(29(34)33-17-18(2)3)16-23(25)20-8-13-26-24(15-20)27(30(35)32-4)28(37-26)19-6-10-22(31)11-7-19/h6-13,15-16,18H,5,14,17H2,1-4H3,(H,32,35)(H,33,34). The highest BCUT2D eigenvalue weighted by Crippen LogP contribution is 2.38. The number of nitrogens with one attached hydrogen (secondary N) is 2. The molecule has 0 saturated heterocycles. The Morgan fingerprint density at radius 2 is 1.70 bits per heavy atom. The monoisotopic (exact) mass is 502 g/mol. The van der Waals surface area contributed by atoms with Gasteiger partial charge in [0.1, 0.15) is 22.9 Å². The van der Waals surface area contributed by atoms with Gasteiger partial charge in [-0.3, -0.25) is 9.59 Å². The number of rotatable bonds is 9. The molecular weight excluding hydrogens is 471 g/mol. The zero-order valence-electron chi connectivity index (χ0n) is 21.5. The van der Waals surface area contributed by atoms with E-state index in [9.17, 15) is 14.0 Å². The molecule has 2 amide bonds. The van der Waals surface area contributed by atoms with Crippen molar-refractivity contribution in [2.75, 3.05) is 20.2 Å². The highest BCUT2D eigenvalue weighted by molar-refractivity contribution is 6.12. The van der Waals surface area contributed by atoms with Gasteiger partial charge in [0, 0.05) is 35.7 Å². The average molecular weight is 503 g/mol. The first-order chi connectivity index (χ1) is 17.8. The third-order valence-corrected chi connectivity index (χ3v) is 5.93. The number of ether oxygens (including phenoxy) is 1. The molecule has 192 valence electrons. The lowest BCUT2D eigenvalue weighted by Crippen LogP contribution is -2.27. The molecule has 2 N–H and O–H groups in total. The van der Waals surface area contributed by atoms with Crippen LogP contribution < -0.4 is 15.4 Å². The minimum Gasteiger partial charge on any atom is -0.493 e. The van der Waals surface area contributed by atoms with E-state index in [-0.39, 0.29) is 17.6 Å². The molecule has 0 spiro atoms. The Hall–Kier alpha value is -4.13. The topological polar surface area (TPSA) is 80.6 Å². The van der Waals surface area contributed by atoms with Gasteiger partial charge < -0.3 is 19.8 Å². The summed E-state index contributed by atoms with van der Waals surface area (Å²) in [5.74, 6) is 0.477. The van der Waals surface area contributed by atoms with E-state index >= 15 is 0 Å². The van der Waals surface area contributed by atoms with Crippen LogP contribution in [0.1, 0.15) is 47.9 Å². The van der Waals surface area contributed by atoms with Crippen LogP contribution in [-0.4, -0.2) is 32.0 Å². The molecular formula is C30H31FN2O4. The fraction of sp³-hybridized carbons (Fsp3) is 0.267. The number of amides is 2. The van der Waals surface area contributed by atoms with E-state index in [1.165, 1.54) is 12.1 Å². The molecule has 0 aliphatic heterocycles. The van der Waals surface area contributed by atoms with E-state index in [1.807, 2.05) is 39.0 Å². The Labute approximate surface area is 215 Å². The van der Waals surface area contributed by atoms with Crippen molar-refractivity contribution in [1.82, 2.24) is 10.6 Å². The molecule has 1 heterocycles. The minimum absolute atomic E-state index is 0.161. The van der Waals surface area contributed by atoms with Crippen molar-refractivity contribution in [2.45, 2.75) is 27.2 Å². The van der Waals surface area contributed by atoms with E-state index in [0.717, 1.165) is 17.5 Å². The van der Waals surface area contributed by atoms with Gasteiger partial charge in [0.2, 0.25) is 0 Å². The zero-order chi connectivity index (χ0) is 26.5. The van der Waals surface area contributed by atoms with Crippen LogP contribution in [0.5, 0.6) is 5.75 Å². The summed E-state index contributed by atoms with van der Waals surface area (Å²) < 4.78 is 25.6. The number of fused-ring (bicyclic) bond motifs is 1. The van der Waals surface area contributed by atoms with Gasteiger partial charge in [0.15, 0.2) is 0 Å². The molecule has 3 aromatic carbocycles. The number of furan rings is 1. The summed E-state index contributed by atoms with van der Waals surface area (Å²) in [7, 11) is 1.55. The molecule has 4 rings (SSSR count). The molecule has 37 heavy (non-hydrogen) atoms. The Balaban J connectivity index is 1.85. The molecule has 0 saturated carbocycles. The molecule has 7 heteroatoms. The Kier molecular flexibility index (Phi) is 7.92. The van der Waals surface area contributed by atoms with Crippen LogP contribution in [0.3, 0.4) is 0 Å². The van der Waals surface area contributed by atoms with Crippen LogP contribution in [0.4, 0.5) is 4.39 Å². The molecule has 4 aromatic rings. The molecule has 6 nitrogen and oxygen atoms in total. The fourth-order valence-corrected chi connectivity index (χ4v) is 4.05. The SMILES string of the molecule is CCCOc1ccc(C(=O)NCC(C)C)cc1-c1ccc2oc(-c3ccc(F)cc3)c(C(=O)NC)c2c1.